The fraction of sp³-hybridized carbons (Fsp3) is 0.364. The molecule has 0 saturated heterocycles. The number of methoxy groups -OCH3 is 1. The van der Waals surface area contributed by atoms with Gasteiger partial charge in [0.05, 0.1) is 18.8 Å². The fourth-order valence-corrected chi connectivity index (χ4v) is 1.58. The molecule has 0 saturated carbocycles. The van der Waals surface area contributed by atoms with E-state index in [4.69, 9.17) is 10.6 Å². The first-order chi connectivity index (χ1) is 8.17. The molecule has 0 bridgehead atoms. The van der Waals surface area contributed by atoms with Crippen LogP contribution in [-0.2, 0) is 4.74 Å². The SMILES string of the molecule is COCCN=C(NN)Nc1cc(C)ccc1Br. The number of nitrogens with zero attached hydrogens (tertiary/aromatic N) is 1. The summed E-state index contributed by atoms with van der Waals surface area (Å²) in [5.74, 6) is 5.90. The highest BCUT2D eigenvalue weighted by Gasteiger charge is 2.02. The Morgan fingerprint density at radius 3 is 2.94 bits per heavy atom. The van der Waals surface area contributed by atoms with Crippen molar-refractivity contribution in [3.05, 3.63) is 28.2 Å². The second-order valence-electron chi connectivity index (χ2n) is 3.48. The smallest absolute Gasteiger partial charge is 0.210 e. The average molecular weight is 301 g/mol. The maximum atomic E-state index is 5.39. The molecular weight excluding hydrogens is 284 g/mol. The summed E-state index contributed by atoms with van der Waals surface area (Å²) in [6.07, 6.45) is 0. The molecule has 5 nitrogen and oxygen atoms in total. The van der Waals surface area contributed by atoms with E-state index in [9.17, 15) is 0 Å². The van der Waals surface area contributed by atoms with Gasteiger partial charge in [-0.05, 0) is 40.5 Å². The van der Waals surface area contributed by atoms with Crippen LogP contribution in [0.1, 0.15) is 5.56 Å². The lowest BCUT2D eigenvalue weighted by atomic mass is 10.2. The number of nitrogens with one attached hydrogen (secondary N) is 2. The molecule has 0 aliphatic heterocycles. The van der Waals surface area contributed by atoms with Gasteiger partial charge in [0.15, 0.2) is 0 Å². The molecule has 94 valence electrons. The fourth-order valence-electron chi connectivity index (χ4n) is 1.23. The minimum Gasteiger partial charge on any atom is -0.383 e. The normalized spacial score (nSPS) is 11.4. The molecule has 0 amide bonds. The quantitative estimate of drug-likeness (QED) is 0.260. The van der Waals surface area contributed by atoms with Crippen LogP contribution in [0.2, 0.25) is 0 Å². The van der Waals surface area contributed by atoms with Crippen molar-refractivity contribution in [2.24, 2.45) is 10.8 Å². The molecule has 1 aromatic carbocycles. The number of halogens is 1. The summed E-state index contributed by atoms with van der Waals surface area (Å²) in [5.41, 5.74) is 4.59. The molecular formula is C11H17BrN4O. The van der Waals surface area contributed by atoms with Crippen LogP contribution in [0.25, 0.3) is 0 Å². The first-order valence-corrected chi connectivity index (χ1v) is 6.00. The van der Waals surface area contributed by atoms with Gasteiger partial charge >= 0.3 is 0 Å². The van der Waals surface area contributed by atoms with Gasteiger partial charge in [-0.25, -0.2) is 10.8 Å². The predicted molar refractivity (Wildman–Crippen MR) is 74.0 cm³/mol. The average Bonchev–Trinajstić information content (AvgIpc) is 2.32. The Bertz CT molecular complexity index is 395. The topological polar surface area (TPSA) is 71.7 Å². The van der Waals surface area contributed by atoms with Gasteiger partial charge in [0.1, 0.15) is 0 Å². The lowest BCUT2D eigenvalue weighted by molar-refractivity contribution is 0.208. The van der Waals surface area contributed by atoms with E-state index in [2.05, 4.69) is 31.7 Å². The van der Waals surface area contributed by atoms with Gasteiger partial charge in [0.2, 0.25) is 5.96 Å². The largest absolute Gasteiger partial charge is 0.383 e. The summed E-state index contributed by atoms with van der Waals surface area (Å²) < 4.78 is 5.87. The molecule has 1 rings (SSSR count). The third kappa shape index (κ3) is 4.72. The first kappa shape index (κ1) is 14.0. The van der Waals surface area contributed by atoms with Crippen LogP contribution in [0.5, 0.6) is 0 Å². The molecule has 17 heavy (non-hydrogen) atoms. The first-order valence-electron chi connectivity index (χ1n) is 5.20. The van der Waals surface area contributed by atoms with Gasteiger partial charge in [-0.1, -0.05) is 6.07 Å². The highest BCUT2D eigenvalue weighted by Crippen LogP contribution is 2.23. The van der Waals surface area contributed by atoms with Crippen molar-refractivity contribution in [3.8, 4) is 0 Å². The number of aryl methyl sites for hydroxylation is 1. The zero-order valence-electron chi connectivity index (χ0n) is 9.96. The molecule has 0 radical (unpaired) electrons. The Morgan fingerprint density at radius 2 is 2.29 bits per heavy atom. The summed E-state index contributed by atoms with van der Waals surface area (Å²) in [6, 6.07) is 6.00. The van der Waals surface area contributed by atoms with Crippen LogP contribution < -0.4 is 16.6 Å². The van der Waals surface area contributed by atoms with E-state index >= 15 is 0 Å². The number of anilines is 1. The van der Waals surface area contributed by atoms with E-state index in [0.29, 0.717) is 19.1 Å². The number of ether oxygens (including phenoxy) is 1. The third-order valence-electron chi connectivity index (χ3n) is 2.08. The van der Waals surface area contributed by atoms with E-state index in [1.165, 1.54) is 0 Å². The Morgan fingerprint density at radius 1 is 1.53 bits per heavy atom. The maximum absolute atomic E-state index is 5.39. The lowest BCUT2D eigenvalue weighted by Crippen LogP contribution is -2.36. The molecule has 6 heteroatoms. The van der Waals surface area contributed by atoms with Crippen molar-refractivity contribution < 1.29 is 4.74 Å². The Hall–Kier alpha value is -1.11. The van der Waals surface area contributed by atoms with Gasteiger partial charge in [-0.3, -0.25) is 5.43 Å². The minimum atomic E-state index is 0.508. The molecule has 0 atom stereocenters. The van der Waals surface area contributed by atoms with E-state index < -0.39 is 0 Å². The Balaban J connectivity index is 2.73. The summed E-state index contributed by atoms with van der Waals surface area (Å²) in [4.78, 5) is 4.22. The zero-order chi connectivity index (χ0) is 12.7. The van der Waals surface area contributed by atoms with Crippen molar-refractivity contribution in [2.45, 2.75) is 6.92 Å². The second kappa shape index (κ2) is 7.26. The number of hydrazine groups is 1. The molecule has 0 aliphatic carbocycles. The van der Waals surface area contributed by atoms with Gasteiger partial charge in [-0.2, -0.15) is 0 Å². The number of rotatable bonds is 4. The molecule has 0 heterocycles. The van der Waals surface area contributed by atoms with Crippen LogP contribution in [0.4, 0.5) is 5.69 Å². The number of guanidine groups is 1. The van der Waals surface area contributed by atoms with Gasteiger partial charge < -0.3 is 10.1 Å². The lowest BCUT2D eigenvalue weighted by Gasteiger charge is -2.11. The van der Waals surface area contributed by atoms with Crippen molar-refractivity contribution in [1.29, 1.82) is 0 Å². The van der Waals surface area contributed by atoms with Crippen LogP contribution in [0, 0.1) is 6.92 Å². The van der Waals surface area contributed by atoms with Crippen LogP contribution >= 0.6 is 15.9 Å². The Kier molecular flexibility index (Phi) is 5.96. The molecule has 0 aromatic heterocycles. The van der Waals surface area contributed by atoms with E-state index in [0.717, 1.165) is 15.7 Å². The number of aliphatic imine (C=N–C) groups is 1. The van der Waals surface area contributed by atoms with Crippen molar-refractivity contribution in [3.63, 3.8) is 0 Å². The van der Waals surface area contributed by atoms with Gasteiger partial charge in [-0.15, -0.1) is 0 Å². The molecule has 0 spiro atoms. The summed E-state index contributed by atoms with van der Waals surface area (Å²) in [5, 5.41) is 3.11. The summed E-state index contributed by atoms with van der Waals surface area (Å²) >= 11 is 3.46. The molecule has 1 aromatic rings. The van der Waals surface area contributed by atoms with Crippen LogP contribution in [0.15, 0.2) is 27.7 Å². The highest BCUT2D eigenvalue weighted by molar-refractivity contribution is 9.10. The third-order valence-corrected chi connectivity index (χ3v) is 2.77. The number of nitrogens with two attached hydrogens (primary N) is 1. The maximum Gasteiger partial charge on any atom is 0.210 e. The van der Waals surface area contributed by atoms with E-state index in [-0.39, 0.29) is 0 Å². The molecule has 4 N–H and O–H groups in total. The van der Waals surface area contributed by atoms with Gasteiger partial charge in [0, 0.05) is 11.6 Å². The molecule has 0 aliphatic rings. The van der Waals surface area contributed by atoms with Crippen LogP contribution in [-0.4, -0.2) is 26.2 Å². The monoisotopic (exact) mass is 300 g/mol. The van der Waals surface area contributed by atoms with Gasteiger partial charge in [0.25, 0.3) is 0 Å². The highest BCUT2D eigenvalue weighted by atomic mass is 79.9. The van der Waals surface area contributed by atoms with Crippen LogP contribution in [0.3, 0.4) is 0 Å². The molecule has 0 fully saturated rings. The Labute approximate surface area is 110 Å². The molecule has 0 unspecified atom stereocenters. The summed E-state index contributed by atoms with van der Waals surface area (Å²) in [7, 11) is 1.63. The standard InChI is InChI=1S/C11H17BrN4O/c1-8-3-4-9(12)10(7-8)15-11(16-13)14-5-6-17-2/h3-4,7H,5-6,13H2,1-2H3,(H2,14,15,16). The van der Waals surface area contributed by atoms with E-state index in [1.807, 2.05) is 25.1 Å². The van der Waals surface area contributed by atoms with Crippen molar-refractivity contribution >= 4 is 27.6 Å². The van der Waals surface area contributed by atoms with Crippen molar-refractivity contribution in [1.82, 2.24) is 5.43 Å². The zero-order valence-corrected chi connectivity index (χ0v) is 11.5. The predicted octanol–water partition coefficient (Wildman–Crippen LogP) is 1.64. The number of hydrogen-bond acceptors (Lipinski definition) is 3. The minimum absolute atomic E-state index is 0.508. The second-order valence-corrected chi connectivity index (χ2v) is 4.33. The summed E-state index contributed by atoms with van der Waals surface area (Å²) in [6.45, 7) is 3.13. The number of hydrogen-bond donors (Lipinski definition) is 3. The number of benzene rings is 1. The van der Waals surface area contributed by atoms with Crippen molar-refractivity contribution in [2.75, 3.05) is 25.6 Å². The van der Waals surface area contributed by atoms with E-state index in [1.54, 1.807) is 7.11 Å².